The average Bonchev–Trinajstić information content (AvgIpc) is 2.11. The lowest BCUT2D eigenvalue weighted by Gasteiger charge is -2.27. The maximum atomic E-state index is 13.4. The quantitative estimate of drug-likeness (QED) is 0.774. The molecule has 1 saturated heterocycles. The van der Waals surface area contributed by atoms with Crippen molar-refractivity contribution in [1.29, 1.82) is 0 Å². The van der Waals surface area contributed by atoms with Gasteiger partial charge in [-0.2, -0.15) is 13.2 Å². The molecule has 1 N–H and O–H groups in total. The van der Waals surface area contributed by atoms with E-state index < -0.39 is 17.6 Å². The van der Waals surface area contributed by atoms with E-state index in [2.05, 4.69) is 5.32 Å². The molecule has 0 amide bonds. The standard InChI is InChI=1S/C11H11F4N/c12-10-4-9(11(13,14)15)2-1-8(10)3-7-5-16-6-7/h1-2,4,7,16H,3,5-6H2. The van der Waals surface area contributed by atoms with E-state index >= 15 is 0 Å². The van der Waals surface area contributed by atoms with Gasteiger partial charge in [0.15, 0.2) is 0 Å². The maximum Gasteiger partial charge on any atom is 0.416 e. The SMILES string of the molecule is Fc1cc(C(F)(F)F)ccc1CC1CNC1. The summed E-state index contributed by atoms with van der Waals surface area (Å²) in [6.07, 6.45) is -3.98. The van der Waals surface area contributed by atoms with Crippen LogP contribution in [0.3, 0.4) is 0 Å². The zero-order valence-corrected chi connectivity index (χ0v) is 8.44. The highest BCUT2D eigenvalue weighted by Gasteiger charge is 2.31. The summed E-state index contributed by atoms with van der Waals surface area (Å²) in [4.78, 5) is 0. The van der Waals surface area contributed by atoms with Crippen LogP contribution < -0.4 is 5.32 Å². The van der Waals surface area contributed by atoms with E-state index in [-0.39, 0.29) is 0 Å². The zero-order chi connectivity index (χ0) is 11.8. The van der Waals surface area contributed by atoms with E-state index in [1.807, 2.05) is 0 Å². The van der Waals surface area contributed by atoms with Crippen LogP contribution in [0.2, 0.25) is 0 Å². The van der Waals surface area contributed by atoms with Crippen LogP contribution in [0, 0.1) is 11.7 Å². The highest BCUT2D eigenvalue weighted by atomic mass is 19.4. The molecule has 0 unspecified atom stereocenters. The first kappa shape index (κ1) is 11.4. The number of benzene rings is 1. The van der Waals surface area contributed by atoms with Crippen LogP contribution in [0.25, 0.3) is 0 Å². The van der Waals surface area contributed by atoms with Gasteiger partial charge in [0.25, 0.3) is 0 Å². The summed E-state index contributed by atoms with van der Waals surface area (Å²) >= 11 is 0. The minimum absolute atomic E-state index is 0.339. The van der Waals surface area contributed by atoms with E-state index in [0.29, 0.717) is 24.0 Å². The number of hydrogen-bond acceptors (Lipinski definition) is 1. The molecule has 1 nitrogen and oxygen atoms in total. The lowest BCUT2D eigenvalue weighted by molar-refractivity contribution is -0.137. The summed E-state index contributed by atoms with van der Waals surface area (Å²) in [7, 11) is 0. The molecule has 0 spiro atoms. The molecule has 5 heteroatoms. The predicted octanol–water partition coefficient (Wildman–Crippen LogP) is 2.61. The molecule has 16 heavy (non-hydrogen) atoms. The number of nitrogens with one attached hydrogen (secondary N) is 1. The van der Waals surface area contributed by atoms with E-state index in [1.54, 1.807) is 0 Å². The van der Waals surface area contributed by atoms with Crippen LogP contribution in [0.15, 0.2) is 18.2 Å². The molecule has 0 radical (unpaired) electrons. The summed E-state index contributed by atoms with van der Waals surface area (Å²) in [6, 6.07) is 2.74. The molecule has 1 fully saturated rings. The molecule has 2 rings (SSSR count). The highest BCUT2D eigenvalue weighted by molar-refractivity contribution is 5.27. The zero-order valence-electron chi connectivity index (χ0n) is 8.44. The van der Waals surface area contributed by atoms with E-state index in [4.69, 9.17) is 0 Å². The van der Waals surface area contributed by atoms with Crippen molar-refractivity contribution >= 4 is 0 Å². The molecule has 0 aliphatic carbocycles. The second-order valence-corrected chi connectivity index (χ2v) is 4.03. The number of rotatable bonds is 2. The van der Waals surface area contributed by atoms with Crippen molar-refractivity contribution in [3.8, 4) is 0 Å². The van der Waals surface area contributed by atoms with Crippen LogP contribution in [-0.2, 0) is 12.6 Å². The van der Waals surface area contributed by atoms with Gasteiger partial charge in [-0.05, 0) is 43.1 Å². The first-order chi connectivity index (χ1) is 7.47. The Kier molecular flexibility index (Phi) is 2.88. The topological polar surface area (TPSA) is 12.0 Å². The van der Waals surface area contributed by atoms with E-state index in [0.717, 1.165) is 19.2 Å². The summed E-state index contributed by atoms with van der Waals surface area (Å²) < 4.78 is 50.2. The molecule has 0 bridgehead atoms. The summed E-state index contributed by atoms with van der Waals surface area (Å²) in [5, 5.41) is 3.03. The van der Waals surface area contributed by atoms with Gasteiger partial charge in [0, 0.05) is 0 Å². The third-order valence-electron chi connectivity index (χ3n) is 2.76. The third-order valence-corrected chi connectivity index (χ3v) is 2.76. The second kappa shape index (κ2) is 4.05. The van der Waals surface area contributed by atoms with Crippen LogP contribution in [0.5, 0.6) is 0 Å². The van der Waals surface area contributed by atoms with Crippen LogP contribution in [0.4, 0.5) is 17.6 Å². The molecule has 1 aromatic carbocycles. The lowest BCUT2D eigenvalue weighted by Crippen LogP contribution is -2.43. The Morgan fingerprint density at radius 3 is 2.38 bits per heavy atom. The van der Waals surface area contributed by atoms with Crippen molar-refractivity contribution in [2.75, 3.05) is 13.1 Å². The number of hydrogen-bond donors (Lipinski definition) is 1. The van der Waals surface area contributed by atoms with Crippen molar-refractivity contribution in [2.24, 2.45) is 5.92 Å². The Bertz CT molecular complexity index is 382. The van der Waals surface area contributed by atoms with Crippen molar-refractivity contribution < 1.29 is 17.6 Å². The molecule has 88 valence electrons. The molecule has 0 saturated carbocycles. The Morgan fingerprint density at radius 2 is 1.94 bits per heavy atom. The number of halogens is 4. The molecule has 0 aromatic heterocycles. The van der Waals surface area contributed by atoms with Gasteiger partial charge in [0.1, 0.15) is 5.82 Å². The van der Waals surface area contributed by atoms with Crippen molar-refractivity contribution in [3.63, 3.8) is 0 Å². The lowest BCUT2D eigenvalue weighted by atomic mass is 9.93. The molecule has 1 aromatic rings. The Balaban J connectivity index is 2.15. The fourth-order valence-corrected chi connectivity index (χ4v) is 1.69. The van der Waals surface area contributed by atoms with Crippen molar-refractivity contribution in [2.45, 2.75) is 12.6 Å². The van der Waals surface area contributed by atoms with E-state index in [1.165, 1.54) is 6.07 Å². The van der Waals surface area contributed by atoms with Crippen molar-refractivity contribution in [3.05, 3.63) is 35.1 Å². The van der Waals surface area contributed by atoms with Gasteiger partial charge in [-0.25, -0.2) is 4.39 Å². The van der Waals surface area contributed by atoms with Crippen LogP contribution >= 0.6 is 0 Å². The van der Waals surface area contributed by atoms with Crippen LogP contribution in [-0.4, -0.2) is 13.1 Å². The number of alkyl halides is 3. The molecule has 1 aliphatic heterocycles. The fourth-order valence-electron chi connectivity index (χ4n) is 1.69. The van der Waals surface area contributed by atoms with Gasteiger partial charge in [0.2, 0.25) is 0 Å². The van der Waals surface area contributed by atoms with Gasteiger partial charge < -0.3 is 5.32 Å². The smallest absolute Gasteiger partial charge is 0.316 e. The third kappa shape index (κ3) is 2.35. The molecule has 0 atom stereocenters. The summed E-state index contributed by atoms with van der Waals surface area (Å²) in [5.74, 6) is -0.423. The first-order valence-corrected chi connectivity index (χ1v) is 5.03. The minimum atomic E-state index is -4.47. The molecule has 1 heterocycles. The maximum absolute atomic E-state index is 13.4. The fraction of sp³-hybridized carbons (Fsp3) is 0.455. The van der Waals surface area contributed by atoms with Gasteiger partial charge in [-0.3, -0.25) is 0 Å². The van der Waals surface area contributed by atoms with Crippen LogP contribution in [0.1, 0.15) is 11.1 Å². The molecular formula is C11H11F4N. The largest absolute Gasteiger partial charge is 0.416 e. The van der Waals surface area contributed by atoms with Gasteiger partial charge in [0.05, 0.1) is 5.56 Å². The van der Waals surface area contributed by atoms with Gasteiger partial charge in [-0.15, -0.1) is 0 Å². The summed E-state index contributed by atoms with van der Waals surface area (Å²) in [5.41, 5.74) is -0.569. The Hall–Kier alpha value is -1.10. The van der Waals surface area contributed by atoms with E-state index in [9.17, 15) is 17.6 Å². The minimum Gasteiger partial charge on any atom is -0.316 e. The average molecular weight is 233 g/mol. The highest BCUT2D eigenvalue weighted by Crippen LogP contribution is 2.30. The normalized spacial score (nSPS) is 17.2. The Morgan fingerprint density at radius 1 is 1.25 bits per heavy atom. The predicted molar refractivity (Wildman–Crippen MR) is 51.5 cm³/mol. The second-order valence-electron chi connectivity index (χ2n) is 4.03. The first-order valence-electron chi connectivity index (χ1n) is 5.03. The summed E-state index contributed by atoms with van der Waals surface area (Å²) in [6.45, 7) is 1.61. The van der Waals surface area contributed by atoms with Gasteiger partial charge >= 0.3 is 6.18 Å². The molecular weight excluding hydrogens is 222 g/mol. The van der Waals surface area contributed by atoms with Gasteiger partial charge in [-0.1, -0.05) is 6.07 Å². The Labute approximate surface area is 90.5 Å². The molecule has 1 aliphatic rings. The van der Waals surface area contributed by atoms with Crippen molar-refractivity contribution in [1.82, 2.24) is 5.32 Å². The monoisotopic (exact) mass is 233 g/mol.